The fraction of sp³-hybridized carbons (Fsp3) is 0.733. The lowest BCUT2D eigenvalue weighted by Crippen LogP contribution is -2.44. The Morgan fingerprint density at radius 1 is 1.42 bits per heavy atom. The number of aliphatic hydroxyl groups excluding tert-OH is 1. The highest BCUT2D eigenvalue weighted by atomic mass is 31.2. The molecule has 3 aliphatic rings. The maximum atomic E-state index is 12.2. The number of amides is 2. The Labute approximate surface area is 150 Å². The lowest BCUT2D eigenvalue weighted by Gasteiger charge is -2.37. The van der Waals surface area contributed by atoms with Crippen LogP contribution in [0.1, 0.15) is 13.3 Å². The van der Waals surface area contributed by atoms with Crippen LogP contribution in [-0.4, -0.2) is 72.8 Å². The lowest BCUT2D eigenvalue weighted by atomic mass is 9.93. The van der Waals surface area contributed by atoms with E-state index in [0.29, 0.717) is 18.8 Å². The summed E-state index contributed by atoms with van der Waals surface area (Å²) in [7, 11) is -4.25. The van der Waals surface area contributed by atoms with Crippen molar-refractivity contribution < 1.29 is 38.2 Å². The molecule has 10 nitrogen and oxygen atoms in total. The van der Waals surface area contributed by atoms with Gasteiger partial charge in [0.05, 0.1) is 37.9 Å². The fourth-order valence-corrected chi connectivity index (χ4v) is 4.33. The predicted molar refractivity (Wildman–Crippen MR) is 85.6 cm³/mol. The number of ether oxygens (including phenoxy) is 2. The van der Waals surface area contributed by atoms with Crippen molar-refractivity contribution >= 4 is 19.6 Å². The highest BCUT2D eigenvalue weighted by Gasteiger charge is 2.42. The number of imide groups is 1. The van der Waals surface area contributed by atoms with E-state index >= 15 is 0 Å². The van der Waals surface area contributed by atoms with Gasteiger partial charge >= 0.3 is 0 Å². The molecule has 0 radical (unpaired) electrons. The number of carbonyl (C=O) groups is 2. The summed E-state index contributed by atoms with van der Waals surface area (Å²) >= 11 is 0. The van der Waals surface area contributed by atoms with Gasteiger partial charge < -0.3 is 24.0 Å². The van der Waals surface area contributed by atoms with Gasteiger partial charge in [-0.15, -0.1) is 0 Å². The van der Waals surface area contributed by atoms with Crippen LogP contribution >= 0.6 is 7.75 Å². The van der Waals surface area contributed by atoms with Crippen LogP contribution in [-0.2, 0) is 28.2 Å². The summed E-state index contributed by atoms with van der Waals surface area (Å²) in [5.41, 5.74) is 0.392. The van der Waals surface area contributed by atoms with Crippen molar-refractivity contribution in [3.05, 3.63) is 11.6 Å². The van der Waals surface area contributed by atoms with Gasteiger partial charge in [-0.25, -0.2) is 4.67 Å². The molecule has 2 saturated heterocycles. The van der Waals surface area contributed by atoms with Gasteiger partial charge in [0.1, 0.15) is 6.10 Å². The van der Waals surface area contributed by atoms with Crippen LogP contribution in [0.4, 0.5) is 0 Å². The largest absolute Gasteiger partial charge is 0.766 e. The van der Waals surface area contributed by atoms with Gasteiger partial charge in [0, 0.05) is 25.1 Å². The Bertz CT molecular complexity index is 648. The third-order valence-electron chi connectivity index (χ3n) is 4.72. The molecule has 11 heteroatoms. The maximum absolute atomic E-state index is 12.2. The summed E-state index contributed by atoms with van der Waals surface area (Å²) in [6, 6.07) is 0. The average molecular weight is 389 g/mol. The van der Waals surface area contributed by atoms with Crippen LogP contribution in [0.3, 0.4) is 0 Å². The smallest absolute Gasteiger partial charge is 0.253 e. The summed E-state index contributed by atoms with van der Waals surface area (Å²) in [5, 5.41) is 12.4. The first-order chi connectivity index (χ1) is 12.3. The van der Waals surface area contributed by atoms with E-state index in [2.05, 4.69) is 5.32 Å². The van der Waals surface area contributed by atoms with Gasteiger partial charge in [0.2, 0.25) is 13.7 Å². The second-order valence-electron chi connectivity index (χ2n) is 6.54. The molecule has 26 heavy (non-hydrogen) atoms. The van der Waals surface area contributed by atoms with Crippen LogP contribution < -0.4 is 10.2 Å². The SMILES string of the molecule is CC1=CC([C@H]2CC(O)[C@@H](COP(=O)([O-])N3CCOCC3)O2)C(=O)NC1=O. The number of hydrogen-bond acceptors (Lipinski definition) is 8. The number of nitrogens with zero attached hydrogens (tertiary/aromatic N) is 1. The molecule has 2 N–H and O–H groups in total. The number of rotatable bonds is 5. The molecule has 2 fully saturated rings. The molecule has 0 bridgehead atoms. The van der Waals surface area contributed by atoms with Crippen LogP contribution in [0.2, 0.25) is 0 Å². The number of carbonyl (C=O) groups excluding carboxylic acids is 2. The molecular formula is C15H22N2O8P-. The molecule has 3 unspecified atom stereocenters. The first kappa shape index (κ1) is 19.6. The zero-order chi connectivity index (χ0) is 18.9. The molecule has 146 valence electrons. The predicted octanol–water partition coefficient (Wildman–Crippen LogP) is -1.46. The van der Waals surface area contributed by atoms with Crippen molar-refractivity contribution in [3.63, 3.8) is 0 Å². The summed E-state index contributed by atoms with van der Waals surface area (Å²) in [4.78, 5) is 35.6. The number of nitrogens with one attached hydrogen (secondary N) is 1. The fourth-order valence-electron chi connectivity index (χ4n) is 3.18. The van der Waals surface area contributed by atoms with Crippen molar-refractivity contribution in [1.82, 2.24) is 9.99 Å². The monoisotopic (exact) mass is 389 g/mol. The zero-order valence-corrected chi connectivity index (χ0v) is 15.2. The molecule has 3 rings (SSSR count). The molecule has 2 amide bonds. The molecule has 0 aromatic rings. The molecule has 0 saturated carbocycles. The minimum absolute atomic E-state index is 0.144. The third-order valence-corrected chi connectivity index (χ3v) is 6.28. The molecule has 5 atom stereocenters. The molecule has 3 heterocycles. The standard InChI is InChI=1S/C15H23N2O8P/c1-9-6-10(15(20)16-14(9)19)12-7-11(18)13(25-12)8-24-26(21,22)17-2-4-23-5-3-17/h6,10-13,18H,2-5,7-8H2,1H3,(H,21,22)(H,16,19,20)/p-1/t10?,11?,12-,13-/m1/s1. The molecule has 0 spiro atoms. The van der Waals surface area contributed by atoms with E-state index in [0.717, 1.165) is 0 Å². The van der Waals surface area contributed by atoms with Crippen LogP contribution in [0, 0.1) is 5.92 Å². The van der Waals surface area contributed by atoms with Crippen LogP contribution in [0.25, 0.3) is 0 Å². The Morgan fingerprint density at radius 3 is 2.81 bits per heavy atom. The van der Waals surface area contributed by atoms with E-state index in [-0.39, 0.29) is 26.1 Å². The minimum atomic E-state index is -4.25. The Balaban J connectivity index is 1.58. The molecular weight excluding hydrogens is 367 g/mol. The summed E-state index contributed by atoms with van der Waals surface area (Å²) < 4.78 is 29.2. The second-order valence-corrected chi connectivity index (χ2v) is 8.30. The third kappa shape index (κ3) is 4.23. The van der Waals surface area contributed by atoms with Gasteiger partial charge in [0.15, 0.2) is 0 Å². The highest BCUT2D eigenvalue weighted by Crippen LogP contribution is 2.43. The number of morpholine rings is 1. The van der Waals surface area contributed by atoms with E-state index in [1.807, 2.05) is 0 Å². The zero-order valence-electron chi connectivity index (χ0n) is 14.3. The molecule has 3 aliphatic heterocycles. The van der Waals surface area contributed by atoms with Crippen LogP contribution in [0.5, 0.6) is 0 Å². The van der Waals surface area contributed by atoms with Crippen molar-refractivity contribution in [2.24, 2.45) is 5.92 Å². The summed E-state index contributed by atoms with van der Waals surface area (Å²) in [6.07, 6.45) is -0.846. The summed E-state index contributed by atoms with van der Waals surface area (Å²) in [5.74, 6) is -1.67. The van der Waals surface area contributed by atoms with Gasteiger partial charge in [-0.05, 0) is 6.92 Å². The summed E-state index contributed by atoms with van der Waals surface area (Å²) in [6.45, 7) is 2.29. The van der Waals surface area contributed by atoms with Crippen molar-refractivity contribution in [2.75, 3.05) is 32.9 Å². The maximum Gasteiger partial charge on any atom is 0.253 e. The first-order valence-corrected chi connectivity index (χ1v) is 9.93. The van der Waals surface area contributed by atoms with Crippen molar-refractivity contribution in [3.8, 4) is 0 Å². The van der Waals surface area contributed by atoms with Gasteiger partial charge in [-0.2, -0.15) is 0 Å². The quantitative estimate of drug-likeness (QED) is 0.427. The van der Waals surface area contributed by atoms with E-state index in [9.17, 15) is 24.2 Å². The Morgan fingerprint density at radius 2 is 2.12 bits per heavy atom. The van der Waals surface area contributed by atoms with E-state index in [4.69, 9.17) is 14.0 Å². The highest BCUT2D eigenvalue weighted by molar-refractivity contribution is 7.48. The first-order valence-electron chi connectivity index (χ1n) is 8.44. The number of aliphatic hydroxyl groups is 1. The second kappa shape index (κ2) is 7.85. The molecule has 0 aliphatic carbocycles. The topological polar surface area (TPSA) is 137 Å². The van der Waals surface area contributed by atoms with Crippen molar-refractivity contribution in [2.45, 2.75) is 31.7 Å². The minimum Gasteiger partial charge on any atom is -0.766 e. The van der Waals surface area contributed by atoms with E-state index in [1.54, 1.807) is 6.92 Å². The molecule has 0 aromatic heterocycles. The van der Waals surface area contributed by atoms with E-state index in [1.165, 1.54) is 10.7 Å². The lowest BCUT2D eigenvalue weighted by molar-refractivity contribution is -0.218. The van der Waals surface area contributed by atoms with Gasteiger partial charge in [-0.1, -0.05) is 6.08 Å². The Kier molecular flexibility index (Phi) is 5.93. The van der Waals surface area contributed by atoms with E-state index < -0.39 is 43.8 Å². The average Bonchev–Trinajstić information content (AvgIpc) is 2.98. The normalized spacial score (nSPS) is 35.7. The van der Waals surface area contributed by atoms with Gasteiger partial charge in [0.25, 0.3) is 5.91 Å². The number of hydrogen-bond donors (Lipinski definition) is 2. The van der Waals surface area contributed by atoms with Gasteiger partial charge in [-0.3, -0.25) is 19.5 Å². The molecule has 0 aromatic carbocycles. The Hall–Kier alpha value is -1.13. The van der Waals surface area contributed by atoms with Crippen LogP contribution in [0.15, 0.2) is 11.6 Å². The van der Waals surface area contributed by atoms with Crippen molar-refractivity contribution in [1.29, 1.82) is 0 Å².